The van der Waals surface area contributed by atoms with Crippen molar-refractivity contribution in [1.82, 2.24) is 20.3 Å². The average Bonchev–Trinajstić information content (AvgIpc) is 3.24. The Morgan fingerprint density at radius 2 is 1.87 bits per heavy atom. The molecule has 5 heterocycles. The van der Waals surface area contributed by atoms with E-state index in [0.29, 0.717) is 77.7 Å². The third-order valence-electron chi connectivity index (χ3n) is 8.87. The number of hydrogen-bond acceptors (Lipinski definition) is 11. The van der Waals surface area contributed by atoms with E-state index in [1.807, 2.05) is 29.7 Å². The van der Waals surface area contributed by atoms with Gasteiger partial charge in [-0.3, -0.25) is 0 Å². The number of halogens is 2. The molecule has 0 aliphatic carbocycles. The van der Waals surface area contributed by atoms with E-state index in [0.717, 1.165) is 4.90 Å². The maximum absolute atomic E-state index is 14.3. The first-order chi connectivity index (χ1) is 22.2. The van der Waals surface area contributed by atoms with Gasteiger partial charge in [0.15, 0.2) is 5.82 Å². The Bertz CT molecular complexity index is 1650. The van der Waals surface area contributed by atoms with Crippen LogP contribution < -0.4 is 19.9 Å². The fourth-order valence-electron chi connectivity index (χ4n) is 6.27. The van der Waals surface area contributed by atoms with E-state index in [1.54, 1.807) is 39.2 Å². The molecule has 2 fully saturated rings. The van der Waals surface area contributed by atoms with Crippen LogP contribution in [0.4, 0.5) is 20.8 Å². The van der Waals surface area contributed by atoms with Gasteiger partial charge in [0.2, 0.25) is 0 Å². The summed E-state index contributed by atoms with van der Waals surface area (Å²) in [7, 11) is 0. The summed E-state index contributed by atoms with van der Waals surface area (Å²) in [6.07, 6.45) is 3.74. The highest BCUT2D eigenvalue weighted by molar-refractivity contribution is 7.99. The number of pyridine rings is 1. The molecule has 3 aliphatic heterocycles. The molecule has 1 amide bonds. The van der Waals surface area contributed by atoms with Crippen LogP contribution >= 0.6 is 23.4 Å². The van der Waals surface area contributed by atoms with Crippen molar-refractivity contribution in [2.24, 2.45) is 5.92 Å². The summed E-state index contributed by atoms with van der Waals surface area (Å²) in [5.41, 5.74) is -1.28. The molecule has 14 heteroatoms. The molecule has 3 aliphatic rings. The normalized spacial score (nSPS) is 19.3. The highest BCUT2D eigenvalue weighted by atomic mass is 35.5. The number of fused-ring (bicyclic) bond motifs is 1. The number of piperidine rings is 1. The average molecular weight is 687 g/mol. The van der Waals surface area contributed by atoms with Crippen molar-refractivity contribution in [3.63, 3.8) is 0 Å². The summed E-state index contributed by atoms with van der Waals surface area (Å²) in [4.78, 5) is 31.6. The lowest BCUT2D eigenvalue weighted by Gasteiger charge is -2.46. The summed E-state index contributed by atoms with van der Waals surface area (Å²) in [6.45, 7) is 11.0. The van der Waals surface area contributed by atoms with Gasteiger partial charge >= 0.3 is 6.09 Å². The Balaban J connectivity index is 1.16. The summed E-state index contributed by atoms with van der Waals surface area (Å²) in [5.74, 6) is 1.47. The van der Waals surface area contributed by atoms with Gasteiger partial charge in [-0.05, 0) is 58.9 Å². The smallest absolute Gasteiger partial charge is 0.408 e. The zero-order valence-electron chi connectivity index (χ0n) is 27.1. The van der Waals surface area contributed by atoms with E-state index < -0.39 is 34.8 Å². The minimum absolute atomic E-state index is 0.137. The summed E-state index contributed by atoms with van der Waals surface area (Å²) < 4.78 is 26.3. The van der Waals surface area contributed by atoms with Crippen molar-refractivity contribution in [2.45, 2.75) is 86.8 Å². The zero-order chi connectivity index (χ0) is 33.7. The van der Waals surface area contributed by atoms with Crippen molar-refractivity contribution < 1.29 is 28.9 Å². The molecule has 1 spiro atoms. The third kappa shape index (κ3) is 6.94. The number of aromatic nitrogens is 3. The number of amides is 1. The Kier molecular flexibility index (Phi) is 8.96. The van der Waals surface area contributed by atoms with Crippen LogP contribution in [0.15, 0.2) is 46.6 Å². The number of aliphatic hydroxyl groups is 2. The number of hydrogen-bond donors (Lipinski definition) is 3. The lowest BCUT2D eigenvalue weighted by Crippen LogP contribution is -2.56. The Morgan fingerprint density at radius 3 is 2.53 bits per heavy atom. The fraction of sp³-hybridized carbons (Fsp3) is 0.515. The SMILES string of the molecule is CC(C)(C)OC(=O)N[C@@H]1c2cc(F)ccc2OC12CCN(c1ncc(Sc3ccnc(N4CC(C(C)(C)O)C4)c3Cl)nc1CO)CC2. The van der Waals surface area contributed by atoms with Gasteiger partial charge < -0.3 is 34.8 Å². The second-order valence-corrected chi connectivity index (χ2v) is 15.3. The quantitative estimate of drug-likeness (QED) is 0.291. The number of carbonyl (C=O) groups excluding carboxylic acids is 1. The minimum Gasteiger partial charge on any atom is -0.484 e. The summed E-state index contributed by atoms with van der Waals surface area (Å²) in [6, 6.07) is 5.54. The first-order valence-corrected chi connectivity index (χ1v) is 16.8. The molecule has 0 radical (unpaired) electrons. The second kappa shape index (κ2) is 12.6. The zero-order valence-corrected chi connectivity index (χ0v) is 28.7. The number of aliphatic hydroxyl groups excluding tert-OH is 1. The predicted molar refractivity (Wildman–Crippen MR) is 177 cm³/mol. The third-order valence-corrected chi connectivity index (χ3v) is 10.3. The molecule has 3 aromatic rings. The van der Waals surface area contributed by atoms with Crippen molar-refractivity contribution in [3.05, 3.63) is 58.8 Å². The van der Waals surface area contributed by atoms with Crippen LogP contribution in [0.3, 0.4) is 0 Å². The molecule has 0 bridgehead atoms. The number of carbonyl (C=O) groups is 1. The Labute approximate surface area is 282 Å². The van der Waals surface area contributed by atoms with Crippen molar-refractivity contribution >= 4 is 41.1 Å². The number of nitrogens with zero attached hydrogens (tertiary/aromatic N) is 5. The molecule has 252 valence electrons. The number of rotatable bonds is 7. The Hall–Kier alpha value is -3.39. The molecule has 11 nitrogen and oxygen atoms in total. The van der Waals surface area contributed by atoms with Gasteiger partial charge in [0.1, 0.15) is 45.3 Å². The van der Waals surface area contributed by atoms with Gasteiger partial charge in [-0.1, -0.05) is 23.4 Å². The fourth-order valence-corrected chi connectivity index (χ4v) is 7.41. The van der Waals surface area contributed by atoms with Gasteiger partial charge in [0.05, 0.1) is 23.4 Å². The van der Waals surface area contributed by atoms with Crippen molar-refractivity contribution in [1.29, 1.82) is 0 Å². The standard InChI is InChI=1S/C33H40ClFN6O5S/c1-31(2,3)46-30(43)39-27-21-14-20(35)6-7-23(21)45-33(27)9-12-40(13-10-33)28-22(18-42)38-25(15-37-28)47-24-8-11-36-29(26(24)34)41-16-19(17-41)32(4,5)44/h6-8,11,14-15,19,27,42,44H,9-10,12-13,16-18H2,1-5H3,(H,39,43)/t27-/m1/s1. The van der Waals surface area contributed by atoms with Crippen LogP contribution in [0, 0.1) is 11.7 Å². The van der Waals surface area contributed by atoms with Crippen LogP contribution in [-0.2, 0) is 11.3 Å². The van der Waals surface area contributed by atoms with E-state index >= 15 is 0 Å². The lowest BCUT2D eigenvalue weighted by molar-refractivity contribution is 0.00436. The Morgan fingerprint density at radius 1 is 1.15 bits per heavy atom. The van der Waals surface area contributed by atoms with Crippen molar-refractivity contribution in [3.8, 4) is 5.75 Å². The van der Waals surface area contributed by atoms with E-state index in [9.17, 15) is 19.4 Å². The van der Waals surface area contributed by atoms with Crippen LogP contribution in [0.2, 0.25) is 5.02 Å². The number of alkyl carbamates (subject to hydrolysis) is 1. The van der Waals surface area contributed by atoms with Gasteiger partial charge in [0, 0.05) is 61.6 Å². The molecule has 2 aromatic heterocycles. The highest BCUT2D eigenvalue weighted by Crippen LogP contribution is 2.49. The van der Waals surface area contributed by atoms with Crippen LogP contribution in [-0.4, -0.2) is 74.2 Å². The molecule has 2 saturated heterocycles. The molecule has 0 saturated carbocycles. The van der Waals surface area contributed by atoms with Crippen LogP contribution in [0.25, 0.3) is 0 Å². The van der Waals surface area contributed by atoms with Crippen LogP contribution in [0.5, 0.6) is 5.75 Å². The van der Waals surface area contributed by atoms with Gasteiger partial charge in [-0.25, -0.2) is 24.1 Å². The van der Waals surface area contributed by atoms with Gasteiger partial charge in [-0.2, -0.15) is 0 Å². The van der Waals surface area contributed by atoms with Crippen LogP contribution in [0.1, 0.15) is 64.8 Å². The molecule has 0 unspecified atom stereocenters. The van der Waals surface area contributed by atoms with E-state index in [1.165, 1.54) is 23.9 Å². The molecule has 1 aromatic carbocycles. The van der Waals surface area contributed by atoms with Gasteiger partial charge in [-0.15, -0.1) is 0 Å². The number of ether oxygens (including phenoxy) is 2. The van der Waals surface area contributed by atoms with E-state index in [4.69, 9.17) is 31.0 Å². The number of nitrogens with one attached hydrogen (secondary N) is 1. The number of anilines is 2. The topological polar surface area (TPSA) is 133 Å². The van der Waals surface area contributed by atoms with E-state index in [2.05, 4.69) is 10.3 Å². The first-order valence-electron chi connectivity index (χ1n) is 15.7. The molecule has 47 heavy (non-hydrogen) atoms. The van der Waals surface area contributed by atoms with E-state index in [-0.39, 0.29) is 12.5 Å². The monoisotopic (exact) mass is 686 g/mol. The lowest BCUT2D eigenvalue weighted by atomic mass is 9.82. The second-order valence-electron chi connectivity index (χ2n) is 13.9. The predicted octanol–water partition coefficient (Wildman–Crippen LogP) is 5.51. The largest absolute Gasteiger partial charge is 0.484 e. The molecule has 1 atom stereocenters. The maximum Gasteiger partial charge on any atom is 0.408 e. The first kappa shape index (κ1) is 33.5. The summed E-state index contributed by atoms with van der Waals surface area (Å²) >= 11 is 8.11. The molecular formula is C33H40ClFN6O5S. The molecule has 6 rings (SSSR count). The summed E-state index contributed by atoms with van der Waals surface area (Å²) in [5, 5.41) is 24.6. The van der Waals surface area contributed by atoms with Crippen molar-refractivity contribution in [2.75, 3.05) is 36.0 Å². The minimum atomic E-state index is -0.814. The number of benzene rings is 1. The maximum atomic E-state index is 14.3. The molecule has 3 N–H and O–H groups in total. The van der Waals surface area contributed by atoms with Gasteiger partial charge in [0.25, 0.3) is 0 Å². The molecular weight excluding hydrogens is 647 g/mol. The highest BCUT2D eigenvalue weighted by Gasteiger charge is 2.51.